The molecule has 1 fully saturated rings. The summed E-state index contributed by atoms with van der Waals surface area (Å²) in [6, 6.07) is 10.7. The van der Waals surface area contributed by atoms with Crippen molar-refractivity contribution in [3.63, 3.8) is 0 Å². The third-order valence-electron chi connectivity index (χ3n) is 4.64. The lowest BCUT2D eigenvalue weighted by Crippen LogP contribution is -2.29. The van der Waals surface area contributed by atoms with Gasteiger partial charge < -0.3 is 10.2 Å². The third-order valence-corrected chi connectivity index (χ3v) is 4.64. The number of para-hydroxylation sites is 2. The van der Waals surface area contributed by atoms with Crippen molar-refractivity contribution in [3.05, 3.63) is 65.0 Å². The van der Waals surface area contributed by atoms with E-state index < -0.39 is 17.3 Å². The van der Waals surface area contributed by atoms with E-state index in [2.05, 4.69) is 10.3 Å². The number of hydrogen-bond acceptors (Lipinski definition) is 4. The van der Waals surface area contributed by atoms with Gasteiger partial charge in [-0.05, 0) is 30.7 Å². The van der Waals surface area contributed by atoms with Gasteiger partial charge in [-0.1, -0.05) is 12.1 Å². The van der Waals surface area contributed by atoms with Crippen molar-refractivity contribution in [3.8, 4) is 0 Å². The number of carbonyl (C=O) groups is 2. The molecule has 28 heavy (non-hydrogen) atoms. The normalized spacial score (nSPS) is 13.9. The molecule has 4 rings (SSSR count). The molecule has 8 heteroatoms. The van der Waals surface area contributed by atoms with Gasteiger partial charge in [0.25, 0.3) is 5.56 Å². The number of aromatic nitrogens is 2. The first-order valence-electron chi connectivity index (χ1n) is 8.87. The fraction of sp³-hybridized carbons (Fsp3) is 0.200. The molecule has 1 N–H and O–H groups in total. The van der Waals surface area contributed by atoms with Gasteiger partial charge in [-0.15, -0.1) is 0 Å². The maximum Gasteiger partial charge on any atom is 0.261 e. The number of amides is 2. The van der Waals surface area contributed by atoms with Gasteiger partial charge in [0.05, 0.1) is 28.6 Å². The molecule has 0 saturated carbocycles. The minimum Gasteiger partial charge on any atom is -0.323 e. The molecule has 0 unspecified atom stereocenters. The highest BCUT2D eigenvalue weighted by molar-refractivity contribution is 6.02. The lowest BCUT2D eigenvalue weighted by atomic mass is 10.2. The number of nitrogens with zero attached hydrogens (tertiary/aromatic N) is 3. The molecule has 1 aliphatic heterocycles. The number of carbonyl (C=O) groups excluding carboxylic acids is 2. The molecule has 2 amide bonds. The predicted molar refractivity (Wildman–Crippen MR) is 103 cm³/mol. The van der Waals surface area contributed by atoms with Crippen LogP contribution in [0.4, 0.5) is 15.8 Å². The first-order valence-corrected chi connectivity index (χ1v) is 8.87. The Balaban J connectivity index is 1.57. The van der Waals surface area contributed by atoms with E-state index >= 15 is 0 Å². The van der Waals surface area contributed by atoms with Crippen molar-refractivity contribution in [2.24, 2.45) is 0 Å². The van der Waals surface area contributed by atoms with Crippen molar-refractivity contribution in [2.75, 3.05) is 16.8 Å². The van der Waals surface area contributed by atoms with Crippen LogP contribution in [0.5, 0.6) is 0 Å². The highest BCUT2D eigenvalue weighted by atomic mass is 19.1. The van der Waals surface area contributed by atoms with Crippen LogP contribution in [0.3, 0.4) is 0 Å². The molecule has 1 aromatic heterocycles. The predicted octanol–water partition coefficient (Wildman–Crippen LogP) is 2.30. The third kappa shape index (κ3) is 3.36. The van der Waals surface area contributed by atoms with E-state index in [0.717, 1.165) is 6.42 Å². The van der Waals surface area contributed by atoms with Crippen LogP contribution in [0.2, 0.25) is 0 Å². The van der Waals surface area contributed by atoms with Crippen LogP contribution in [0.15, 0.2) is 53.6 Å². The van der Waals surface area contributed by atoms with E-state index in [1.54, 1.807) is 29.2 Å². The summed E-state index contributed by atoms with van der Waals surface area (Å²) in [5, 5.41) is 3.00. The van der Waals surface area contributed by atoms with Gasteiger partial charge in [0.1, 0.15) is 12.4 Å². The molecular weight excluding hydrogens is 363 g/mol. The topological polar surface area (TPSA) is 84.3 Å². The summed E-state index contributed by atoms with van der Waals surface area (Å²) in [6.07, 6.45) is 2.49. The van der Waals surface area contributed by atoms with Gasteiger partial charge in [-0.2, -0.15) is 0 Å². The van der Waals surface area contributed by atoms with E-state index in [4.69, 9.17) is 0 Å². The Morgan fingerprint density at radius 1 is 1.18 bits per heavy atom. The molecule has 142 valence electrons. The van der Waals surface area contributed by atoms with E-state index in [-0.39, 0.29) is 23.4 Å². The first kappa shape index (κ1) is 17.8. The van der Waals surface area contributed by atoms with Crippen molar-refractivity contribution >= 4 is 34.1 Å². The number of fused-ring (bicyclic) bond motifs is 1. The van der Waals surface area contributed by atoms with Crippen LogP contribution in [0.1, 0.15) is 12.8 Å². The molecular formula is C20H17FN4O3. The largest absolute Gasteiger partial charge is 0.323 e. The van der Waals surface area contributed by atoms with Gasteiger partial charge in [-0.25, -0.2) is 9.37 Å². The molecule has 2 aromatic carbocycles. The summed E-state index contributed by atoms with van der Waals surface area (Å²) in [7, 11) is 0. The second-order valence-electron chi connectivity index (χ2n) is 6.55. The quantitative estimate of drug-likeness (QED) is 0.753. The zero-order valence-electron chi connectivity index (χ0n) is 14.9. The Morgan fingerprint density at radius 3 is 2.79 bits per heavy atom. The summed E-state index contributed by atoms with van der Waals surface area (Å²) in [4.78, 5) is 42.7. The number of hydrogen-bond donors (Lipinski definition) is 1. The summed E-state index contributed by atoms with van der Waals surface area (Å²) < 4.78 is 14.4. The molecule has 2 heterocycles. The van der Waals surface area contributed by atoms with Crippen molar-refractivity contribution < 1.29 is 14.0 Å². The number of benzene rings is 2. The molecule has 0 spiro atoms. The number of nitrogens with one attached hydrogen (secondary N) is 1. The van der Waals surface area contributed by atoms with Crippen LogP contribution in [-0.4, -0.2) is 27.9 Å². The molecule has 3 aromatic rings. The summed E-state index contributed by atoms with van der Waals surface area (Å²) in [5.41, 5.74) is 0.951. The minimum atomic E-state index is -0.483. The number of anilines is 2. The van der Waals surface area contributed by atoms with Crippen LogP contribution < -0.4 is 15.8 Å². The van der Waals surface area contributed by atoms with E-state index in [1.165, 1.54) is 29.1 Å². The van der Waals surface area contributed by atoms with E-state index in [9.17, 15) is 18.8 Å². The lowest BCUT2D eigenvalue weighted by Gasteiger charge is -2.20. The monoisotopic (exact) mass is 380 g/mol. The molecule has 0 atom stereocenters. The Bertz CT molecular complexity index is 1140. The molecule has 1 saturated heterocycles. The minimum absolute atomic E-state index is 0.0175. The second-order valence-corrected chi connectivity index (χ2v) is 6.55. The van der Waals surface area contributed by atoms with Crippen molar-refractivity contribution in [2.45, 2.75) is 19.4 Å². The Morgan fingerprint density at radius 2 is 2.00 bits per heavy atom. The van der Waals surface area contributed by atoms with Crippen molar-refractivity contribution in [1.82, 2.24) is 9.55 Å². The van der Waals surface area contributed by atoms with E-state index in [0.29, 0.717) is 24.3 Å². The molecule has 0 aliphatic carbocycles. The van der Waals surface area contributed by atoms with Crippen LogP contribution >= 0.6 is 0 Å². The summed E-state index contributed by atoms with van der Waals surface area (Å²) >= 11 is 0. The first-order chi connectivity index (χ1) is 13.5. The smallest absolute Gasteiger partial charge is 0.261 e. The Labute approximate surface area is 159 Å². The fourth-order valence-electron chi connectivity index (χ4n) is 3.31. The van der Waals surface area contributed by atoms with Crippen LogP contribution in [-0.2, 0) is 16.1 Å². The lowest BCUT2D eigenvalue weighted by molar-refractivity contribution is -0.117. The SMILES string of the molecule is O=C(Cn1cnc2cc(F)ccc2c1=O)Nc1ccccc1N1CCCC1=O. The van der Waals surface area contributed by atoms with Gasteiger partial charge in [0, 0.05) is 19.0 Å². The Hall–Kier alpha value is -3.55. The highest BCUT2D eigenvalue weighted by Gasteiger charge is 2.24. The molecule has 1 aliphatic rings. The summed E-state index contributed by atoms with van der Waals surface area (Å²) in [5.74, 6) is -0.892. The second kappa shape index (κ2) is 7.22. The molecule has 0 radical (unpaired) electrons. The highest BCUT2D eigenvalue weighted by Crippen LogP contribution is 2.29. The number of rotatable bonds is 4. The standard InChI is InChI=1S/C20H17FN4O3/c21-13-7-8-14-16(10-13)22-12-24(20(14)28)11-18(26)23-15-4-1-2-5-17(15)25-9-3-6-19(25)27/h1-2,4-5,7-8,10,12H,3,6,9,11H2,(H,23,26). The zero-order chi connectivity index (χ0) is 19.7. The van der Waals surface area contributed by atoms with Gasteiger partial charge in [-0.3, -0.25) is 19.0 Å². The maximum atomic E-state index is 13.3. The average Bonchev–Trinajstić information content (AvgIpc) is 3.10. The zero-order valence-corrected chi connectivity index (χ0v) is 14.9. The molecule has 0 bridgehead atoms. The fourth-order valence-corrected chi connectivity index (χ4v) is 3.31. The van der Waals surface area contributed by atoms with Gasteiger partial charge in [0.15, 0.2) is 0 Å². The molecule has 7 nitrogen and oxygen atoms in total. The van der Waals surface area contributed by atoms with Crippen molar-refractivity contribution in [1.29, 1.82) is 0 Å². The Kier molecular flexibility index (Phi) is 4.60. The maximum absolute atomic E-state index is 13.3. The van der Waals surface area contributed by atoms with E-state index in [1.807, 2.05) is 0 Å². The van der Waals surface area contributed by atoms with Gasteiger partial charge >= 0.3 is 0 Å². The van der Waals surface area contributed by atoms with Crippen LogP contribution in [0, 0.1) is 5.82 Å². The number of halogens is 1. The average molecular weight is 380 g/mol. The van der Waals surface area contributed by atoms with Gasteiger partial charge in [0.2, 0.25) is 11.8 Å². The van der Waals surface area contributed by atoms with Crippen LogP contribution in [0.25, 0.3) is 10.9 Å². The summed E-state index contributed by atoms with van der Waals surface area (Å²) in [6.45, 7) is 0.359.